The van der Waals surface area contributed by atoms with E-state index in [1.807, 2.05) is 0 Å². The van der Waals surface area contributed by atoms with Gasteiger partial charge in [-0.25, -0.2) is 0 Å². The topological polar surface area (TPSA) is 9.23 Å². The van der Waals surface area contributed by atoms with E-state index in [2.05, 4.69) is 83.3 Å². The van der Waals surface area contributed by atoms with Crippen molar-refractivity contribution in [1.29, 1.82) is 0 Å². The SMILES string of the molecule is CC1=C(O[Si](C)(C)C(C)(C)C)C(/C=C/c2ccccc2)CC1. The zero-order chi connectivity index (χ0) is 16.4. The van der Waals surface area contributed by atoms with Crippen LogP contribution in [-0.2, 0) is 4.43 Å². The summed E-state index contributed by atoms with van der Waals surface area (Å²) >= 11 is 0. The van der Waals surface area contributed by atoms with Crippen molar-refractivity contribution in [3.05, 3.63) is 53.3 Å². The van der Waals surface area contributed by atoms with Gasteiger partial charge < -0.3 is 4.43 Å². The fourth-order valence-corrected chi connectivity index (χ4v) is 3.69. The fourth-order valence-electron chi connectivity index (χ4n) is 2.51. The number of hydrogen-bond acceptors (Lipinski definition) is 1. The molecule has 0 amide bonds. The zero-order valence-electron chi connectivity index (χ0n) is 14.9. The van der Waals surface area contributed by atoms with Gasteiger partial charge >= 0.3 is 0 Å². The molecule has 2 rings (SSSR count). The largest absolute Gasteiger partial charge is 0.546 e. The molecule has 1 aliphatic carbocycles. The van der Waals surface area contributed by atoms with Gasteiger partial charge in [0.1, 0.15) is 0 Å². The maximum Gasteiger partial charge on any atom is 0.250 e. The van der Waals surface area contributed by atoms with Crippen molar-refractivity contribution < 1.29 is 4.43 Å². The lowest BCUT2D eigenvalue weighted by molar-refractivity contribution is 0.347. The Morgan fingerprint density at radius 1 is 1.14 bits per heavy atom. The highest BCUT2D eigenvalue weighted by atomic mass is 28.4. The second kappa shape index (κ2) is 6.45. The summed E-state index contributed by atoms with van der Waals surface area (Å²) < 4.78 is 6.64. The molecule has 0 spiro atoms. The molecule has 22 heavy (non-hydrogen) atoms. The van der Waals surface area contributed by atoms with Crippen LogP contribution in [0, 0.1) is 5.92 Å². The van der Waals surface area contributed by atoms with E-state index in [-0.39, 0.29) is 5.04 Å². The van der Waals surface area contributed by atoms with Crippen LogP contribution in [0.25, 0.3) is 6.08 Å². The average Bonchev–Trinajstić information content (AvgIpc) is 2.77. The smallest absolute Gasteiger partial charge is 0.250 e. The van der Waals surface area contributed by atoms with E-state index in [1.54, 1.807) is 0 Å². The molecule has 1 nitrogen and oxygen atoms in total. The molecule has 0 saturated carbocycles. The van der Waals surface area contributed by atoms with Crippen molar-refractivity contribution in [3.8, 4) is 0 Å². The first-order valence-corrected chi connectivity index (χ1v) is 11.2. The number of hydrogen-bond donors (Lipinski definition) is 0. The van der Waals surface area contributed by atoms with Gasteiger partial charge in [-0.15, -0.1) is 0 Å². The van der Waals surface area contributed by atoms with Crippen molar-refractivity contribution in [1.82, 2.24) is 0 Å². The first-order valence-electron chi connectivity index (χ1n) is 8.32. The lowest BCUT2D eigenvalue weighted by Crippen LogP contribution is -2.41. The molecular weight excluding hydrogens is 284 g/mol. The van der Waals surface area contributed by atoms with Gasteiger partial charge in [0.25, 0.3) is 0 Å². The monoisotopic (exact) mass is 314 g/mol. The summed E-state index contributed by atoms with van der Waals surface area (Å²) in [7, 11) is -1.75. The molecule has 1 aromatic rings. The number of benzene rings is 1. The molecule has 1 aromatic carbocycles. The van der Waals surface area contributed by atoms with E-state index in [0.29, 0.717) is 5.92 Å². The Bertz CT molecular complexity index is 561. The van der Waals surface area contributed by atoms with Gasteiger partial charge in [-0.2, -0.15) is 0 Å². The highest BCUT2D eigenvalue weighted by Gasteiger charge is 2.41. The summed E-state index contributed by atoms with van der Waals surface area (Å²) in [6.45, 7) is 13.8. The summed E-state index contributed by atoms with van der Waals surface area (Å²) in [6.07, 6.45) is 6.90. The lowest BCUT2D eigenvalue weighted by Gasteiger charge is -2.38. The van der Waals surface area contributed by atoms with Crippen LogP contribution < -0.4 is 0 Å². The molecular formula is C20H30OSi. The molecule has 0 heterocycles. The predicted molar refractivity (Wildman–Crippen MR) is 99.2 cm³/mol. The Kier molecular flexibility index (Phi) is 5.01. The average molecular weight is 315 g/mol. The van der Waals surface area contributed by atoms with Crippen LogP contribution in [0.2, 0.25) is 18.1 Å². The van der Waals surface area contributed by atoms with Crippen LogP contribution in [0.1, 0.15) is 46.1 Å². The van der Waals surface area contributed by atoms with Gasteiger partial charge in [0.15, 0.2) is 0 Å². The minimum absolute atomic E-state index is 0.247. The minimum atomic E-state index is -1.75. The summed E-state index contributed by atoms with van der Waals surface area (Å²) in [5, 5.41) is 0.247. The summed E-state index contributed by atoms with van der Waals surface area (Å²) in [6, 6.07) is 10.5. The Morgan fingerprint density at radius 3 is 2.36 bits per heavy atom. The molecule has 0 fully saturated rings. The van der Waals surface area contributed by atoms with Crippen molar-refractivity contribution >= 4 is 14.4 Å². The van der Waals surface area contributed by atoms with E-state index in [4.69, 9.17) is 4.43 Å². The van der Waals surface area contributed by atoms with Crippen LogP contribution in [0.15, 0.2) is 47.7 Å². The number of rotatable bonds is 4. The third-order valence-electron chi connectivity index (χ3n) is 5.08. The molecule has 0 radical (unpaired) electrons. The highest BCUT2D eigenvalue weighted by molar-refractivity contribution is 6.74. The summed E-state index contributed by atoms with van der Waals surface area (Å²) in [5.41, 5.74) is 2.70. The Balaban J connectivity index is 2.15. The molecule has 0 saturated heterocycles. The number of allylic oxidation sites excluding steroid dienone is 2. The van der Waals surface area contributed by atoms with Crippen LogP contribution in [0.3, 0.4) is 0 Å². The second-order valence-electron chi connectivity index (χ2n) is 7.92. The van der Waals surface area contributed by atoms with Gasteiger partial charge in [-0.3, -0.25) is 0 Å². The van der Waals surface area contributed by atoms with Crippen LogP contribution >= 0.6 is 0 Å². The third kappa shape index (κ3) is 3.92. The molecule has 0 bridgehead atoms. The van der Waals surface area contributed by atoms with E-state index >= 15 is 0 Å². The van der Waals surface area contributed by atoms with Crippen LogP contribution in [0.4, 0.5) is 0 Å². The summed E-state index contributed by atoms with van der Waals surface area (Å²) in [5.74, 6) is 1.69. The second-order valence-corrected chi connectivity index (χ2v) is 12.6. The molecule has 2 heteroatoms. The lowest BCUT2D eigenvalue weighted by atomic mass is 10.1. The van der Waals surface area contributed by atoms with Gasteiger partial charge in [0.2, 0.25) is 8.32 Å². The van der Waals surface area contributed by atoms with Crippen LogP contribution in [0.5, 0.6) is 0 Å². The Morgan fingerprint density at radius 2 is 1.77 bits per heavy atom. The van der Waals surface area contributed by atoms with Crippen LogP contribution in [-0.4, -0.2) is 8.32 Å². The predicted octanol–water partition coefficient (Wildman–Crippen LogP) is 6.41. The Hall–Kier alpha value is -1.28. The fraction of sp³-hybridized carbons (Fsp3) is 0.500. The molecule has 1 unspecified atom stereocenters. The molecule has 1 aliphatic rings. The Labute approximate surface area is 137 Å². The van der Waals surface area contributed by atoms with Gasteiger partial charge in [0.05, 0.1) is 5.76 Å². The zero-order valence-corrected chi connectivity index (χ0v) is 15.9. The van der Waals surface area contributed by atoms with Gasteiger partial charge in [0, 0.05) is 5.92 Å². The maximum atomic E-state index is 6.64. The highest BCUT2D eigenvalue weighted by Crippen LogP contribution is 2.42. The van der Waals surface area contributed by atoms with Crippen molar-refractivity contribution in [3.63, 3.8) is 0 Å². The molecule has 0 N–H and O–H groups in total. The maximum absolute atomic E-state index is 6.64. The van der Waals surface area contributed by atoms with Gasteiger partial charge in [-0.05, 0) is 49.0 Å². The minimum Gasteiger partial charge on any atom is -0.546 e. The van der Waals surface area contributed by atoms with E-state index in [0.717, 1.165) is 6.42 Å². The molecule has 1 atom stereocenters. The van der Waals surface area contributed by atoms with Crippen molar-refractivity contribution in [2.75, 3.05) is 0 Å². The van der Waals surface area contributed by atoms with E-state index in [1.165, 1.54) is 23.3 Å². The molecule has 0 aliphatic heterocycles. The molecule has 0 aromatic heterocycles. The normalized spacial score (nSPS) is 20.0. The van der Waals surface area contributed by atoms with Crippen molar-refractivity contribution in [2.45, 2.75) is 58.7 Å². The first kappa shape index (κ1) is 17.1. The van der Waals surface area contributed by atoms with E-state index in [9.17, 15) is 0 Å². The standard InChI is InChI=1S/C20H30OSi/c1-16-12-14-18(15-13-17-10-8-7-9-11-17)19(16)21-22(5,6)20(2,3)4/h7-11,13,15,18H,12,14H2,1-6H3/b15-13+. The van der Waals surface area contributed by atoms with Gasteiger partial charge in [-0.1, -0.05) is 63.3 Å². The quantitative estimate of drug-likeness (QED) is 0.584. The third-order valence-corrected chi connectivity index (χ3v) is 9.42. The van der Waals surface area contributed by atoms with Crippen molar-refractivity contribution in [2.24, 2.45) is 5.92 Å². The first-order chi connectivity index (χ1) is 10.2. The molecule has 120 valence electrons. The summed E-state index contributed by atoms with van der Waals surface area (Å²) in [4.78, 5) is 0. The van der Waals surface area contributed by atoms with E-state index < -0.39 is 8.32 Å².